The molecule has 1 aromatic carbocycles. The number of hydrogen-bond acceptors (Lipinski definition) is 3. The normalized spacial score (nSPS) is 9.88. The van der Waals surface area contributed by atoms with Gasteiger partial charge in [0.25, 0.3) is 0 Å². The number of carbonyl (C=O) groups is 1. The van der Waals surface area contributed by atoms with Crippen LogP contribution < -0.4 is 9.47 Å². The standard InChI is InChI=1S/C13H18O3/c1-3-5-9-16-13-11(10-14)7-6-8-12(13)15-4-2/h6-8,10H,3-5,9H2,1-2H3. The van der Waals surface area contributed by atoms with Crippen molar-refractivity contribution in [2.45, 2.75) is 26.7 Å². The second-order valence-electron chi connectivity index (χ2n) is 3.43. The van der Waals surface area contributed by atoms with Crippen LogP contribution in [0.2, 0.25) is 0 Å². The molecule has 1 rings (SSSR count). The van der Waals surface area contributed by atoms with Gasteiger partial charge in [0.1, 0.15) is 0 Å². The number of rotatable bonds is 7. The largest absolute Gasteiger partial charge is 0.490 e. The van der Waals surface area contributed by atoms with Crippen molar-refractivity contribution in [3.8, 4) is 11.5 Å². The van der Waals surface area contributed by atoms with Crippen molar-refractivity contribution in [3.63, 3.8) is 0 Å². The summed E-state index contributed by atoms with van der Waals surface area (Å²) in [6, 6.07) is 5.34. The van der Waals surface area contributed by atoms with Crippen LogP contribution in [0.5, 0.6) is 11.5 Å². The third kappa shape index (κ3) is 3.26. The zero-order chi connectivity index (χ0) is 11.8. The maximum absolute atomic E-state index is 10.9. The predicted molar refractivity (Wildman–Crippen MR) is 63.4 cm³/mol. The molecule has 0 aliphatic carbocycles. The highest BCUT2D eigenvalue weighted by Gasteiger charge is 2.09. The Morgan fingerprint density at radius 2 is 2.06 bits per heavy atom. The highest BCUT2D eigenvalue weighted by atomic mass is 16.5. The highest BCUT2D eigenvalue weighted by Crippen LogP contribution is 2.30. The molecule has 0 atom stereocenters. The van der Waals surface area contributed by atoms with E-state index in [0.29, 0.717) is 30.3 Å². The first-order valence-electron chi connectivity index (χ1n) is 5.67. The van der Waals surface area contributed by atoms with Crippen LogP contribution in [0.1, 0.15) is 37.0 Å². The van der Waals surface area contributed by atoms with Gasteiger partial charge in [-0.05, 0) is 25.5 Å². The van der Waals surface area contributed by atoms with Crippen molar-refractivity contribution >= 4 is 6.29 Å². The van der Waals surface area contributed by atoms with Gasteiger partial charge in [-0.1, -0.05) is 19.4 Å². The van der Waals surface area contributed by atoms with Crippen LogP contribution in [0.25, 0.3) is 0 Å². The van der Waals surface area contributed by atoms with Crippen LogP contribution in [0, 0.1) is 0 Å². The van der Waals surface area contributed by atoms with Crippen molar-refractivity contribution in [2.24, 2.45) is 0 Å². The molecule has 0 bridgehead atoms. The number of hydrogen-bond donors (Lipinski definition) is 0. The third-order valence-corrected chi connectivity index (χ3v) is 2.18. The molecule has 3 heteroatoms. The number of aldehydes is 1. The van der Waals surface area contributed by atoms with Crippen LogP contribution in [-0.4, -0.2) is 19.5 Å². The van der Waals surface area contributed by atoms with E-state index in [0.717, 1.165) is 19.1 Å². The van der Waals surface area contributed by atoms with Gasteiger partial charge in [0, 0.05) is 0 Å². The molecule has 0 fully saturated rings. The third-order valence-electron chi connectivity index (χ3n) is 2.18. The summed E-state index contributed by atoms with van der Waals surface area (Å²) < 4.78 is 11.0. The first kappa shape index (κ1) is 12.6. The average Bonchev–Trinajstić information content (AvgIpc) is 2.31. The molecule has 0 spiro atoms. The quantitative estimate of drug-likeness (QED) is 0.525. The van der Waals surface area contributed by atoms with Crippen LogP contribution in [0.4, 0.5) is 0 Å². The minimum Gasteiger partial charge on any atom is -0.490 e. The van der Waals surface area contributed by atoms with Crippen molar-refractivity contribution in [1.29, 1.82) is 0 Å². The van der Waals surface area contributed by atoms with Gasteiger partial charge in [-0.15, -0.1) is 0 Å². The van der Waals surface area contributed by atoms with E-state index in [1.807, 2.05) is 13.0 Å². The highest BCUT2D eigenvalue weighted by molar-refractivity contribution is 5.81. The van der Waals surface area contributed by atoms with Crippen LogP contribution >= 0.6 is 0 Å². The monoisotopic (exact) mass is 222 g/mol. The van der Waals surface area contributed by atoms with E-state index in [2.05, 4.69) is 6.92 Å². The number of unbranched alkanes of at least 4 members (excludes halogenated alkanes) is 1. The molecular weight excluding hydrogens is 204 g/mol. The Morgan fingerprint density at radius 3 is 2.69 bits per heavy atom. The van der Waals surface area contributed by atoms with Gasteiger partial charge in [-0.3, -0.25) is 4.79 Å². The molecule has 1 aromatic rings. The molecule has 0 saturated heterocycles. The molecule has 3 nitrogen and oxygen atoms in total. The summed E-state index contributed by atoms with van der Waals surface area (Å²) in [6.07, 6.45) is 2.83. The van der Waals surface area contributed by atoms with Gasteiger partial charge in [0.05, 0.1) is 18.8 Å². The lowest BCUT2D eigenvalue weighted by atomic mass is 10.2. The smallest absolute Gasteiger partial charge is 0.171 e. The Morgan fingerprint density at radius 1 is 1.25 bits per heavy atom. The Balaban J connectivity index is 2.85. The molecule has 88 valence electrons. The van der Waals surface area contributed by atoms with Gasteiger partial charge < -0.3 is 9.47 Å². The second kappa shape index (κ2) is 6.88. The summed E-state index contributed by atoms with van der Waals surface area (Å²) in [7, 11) is 0. The fraction of sp³-hybridized carbons (Fsp3) is 0.462. The van der Waals surface area contributed by atoms with Crippen LogP contribution in [0.15, 0.2) is 18.2 Å². The summed E-state index contributed by atoms with van der Waals surface area (Å²) in [5.41, 5.74) is 0.544. The molecule has 16 heavy (non-hydrogen) atoms. The SMILES string of the molecule is CCCCOc1c(C=O)cccc1OCC. The minimum atomic E-state index is 0.544. The van der Waals surface area contributed by atoms with E-state index < -0.39 is 0 Å². The Labute approximate surface area is 96.4 Å². The van der Waals surface area contributed by atoms with E-state index in [9.17, 15) is 4.79 Å². The van der Waals surface area contributed by atoms with Gasteiger partial charge >= 0.3 is 0 Å². The molecule has 0 radical (unpaired) electrons. The van der Waals surface area contributed by atoms with E-state index in [1.54, 1.807) is 12.1 Å². The van der Waals surface area contributed by atoms with Crippen LogP contribution in [-0.2, 0) is 0 Å². The number of para-hydroxylation sites is 1. The molecule has 0 aliphatic heterocycles. The molecule has 0 aromatic heterocycles. The fourth-order valence-electron chi connectivity index (χ4n) is 1.37. The predicted octanol–water partition coefficient (Wildman–Crippen LogP) is 3.08. The van der Waals surface area contributed by atoms with Gasteiger partial charge in [0.2, 0.25) is 0 Å². The van der Waals surface area contributed by atoms with Crippen molar-refractivity contribution in [1.82, 2.24) is 0 Å². The lowest BCUT2D eigenvalue weighted by molar-refractivity contribution is 0.111. The zero-order valence-corrected chi connectivity index (χ0v) is 9.86. The maximum Gasteiger partial charge on any atom is 0.171 e. The van der Waals surface area contributed by atoms with E-state index >= 15 is 0 Å². The minimum absolute atomic E-state index is 0.544. The fourth-order valence-corrected chi connectivity index (χ4v) is 1.37. The van der Waals surface area contributed by atoms with Crippen molar-refractivity contribution < 1.29 is 14.3 Å². The molecule has 0 N–H and O–H groups in total. The number of carbonyl (C=O) groups excluding carboxylic acids is 1. The van der Waals surface area contributed by atoms with Gasteiger partial charge in [-0.25, -0.2) is 0 Å². The average molecular weight is 222 g/mol. The Bertz CT molecular complexity index is 334. The summed E-state index contributed by atoms with van der Waals surface area (Å²) in [5, 5.41) is 0. The summed E-state index contributed by atoms with van der Waals surface area (Å²) in [4.78, 5) is 10.9. The van der Waals surface area contributed by atoms with Crippen LogP contribution in [0.3, 0.4) is 0 Å². The molecular formula is C13H18O3. The van der Waals surface area contributed by atoms with Crippen molar-refractivity contribution in [3.05, 3.63) is 23.8 Å². The summed E-state index contributed by atoms with van der Waals surface area (Å²) >= 11 is 0. The second-order valence-corrected chi connectivity index (χ2v) is 3.43. The first-order chi connectivity index (χ1) is 7.83. The lowest BCUT2D eigenvalue weighted by Crippen LogP contribution is -2.03. The number of benzene rings is 1. The first-order valence-corrected chi connectivity index (χ1v) is 5.67. The van der Waals surface area contributed by atoms with E-state index in [4.69, 9.17) is 9.47 Å². The molecule has 0 unspecified atom stereocenters. The summed E-state index contributed by atoms with van der Waals surface area (Å²) in [5.74, 6) is 1.20. The Hall–Kier alpha value is -1.51. The molecule has 0 amide bonds. The molecule has 0 saturated carbocycles. The molecule has 0 heterocycles. The van der Waals surface area contributed by atoms with Gasteiger partial charge in [-0.2, -0.15) is 0 Å². The molecule has 0 aliphatic rings. The Kier molecular flexibility index (Phi) is 5.40. The number of ether oxygens (including phenoxy) is 2. The lowest BCUT2D eigenvalue weighted by Gasteiger charge is -2.13. The topological polar surface area (TPSA) is 35.5 Å². The van der Waals surface area contributed by atoms with E-state index in [1.165, 1.54) is 0 Å². The van der Waals surface area contributed by atoms with Gasteiger partial charge in [0.15, 0.2) is 17.8 Å². The maximum atomic E-state index is 10.9. The van der Waals surface area contributed by atoms with E-state index in [-0.39, 0.29) is 0 Å². The summed E-state index contributed by atoms with van der Waals surface area (Å²) in [6.45, 7) is 5.18. The van der Waals surface area contributed by atoms with Crippen molar-refractivity contribution in [2.75, 3.05) is 13.2 Å². The zero-order valence-electron chi connectivity index (χ0n) is 9.86.